The fraction of sp³-hybridized carbons (Fsp3) is 0.269. The summed E-state index contributed by atoms with van der Waals surface area (Å²) in [5.74, 6) is -0.632. The van der Waals surface area contributed by atoms with Crippen molar-refractivity contribution >= 4 is 45.6 Å². The van der Waals surface area contributed by atoms with E-state index in [9.17, 15) is 26.3 Å². The molecule has 0 aliphatic carbocycles. The Morgan fingerprint density at radius 2 is 1.57 bits per heavy atom. The number of ether oxygens (including phenoxy) is 1. The summed E-state index contributed by atoms with van der Waals surface area (Å²) in [6, 6.07) is 10.8. The molecule has 0 unspecified atom stereocenters. The molecule has 0 spiro atoms. The summed E-state index contributed by atoms with van der Waals surface area (Å²) >= 11 is 6.08. The minimum atomic E-state index is -4.81. The molecule has 40 heavy (non-hydrogen) atoms. The number of methoxy groups -OCH3 is 1. The largest absolute Gasteiger partial charge is 0.497 e. The SMILES string of the molecule is COc1cc(Nc2nc(N3CCN(c4ccnc5cc(Cl)ccc45)CC3)cc(C(F)(F)F)n2)cc(C(F)(F)F)c1. The number of hydrogen-bond donors (Lipinski definition) is 1. The minimum Gasteiger partial charge on any atom is -0.497 e. The van der Waals surface area contributed by atoms with Gasteiger partial charge in [0.15, 0.2) is 5.69 Å². The Kier molecular flexibility index (Phi) is 7.25. The summed E-state index contributed by atoms with van der Waals surface area (Å²) in [5, 5.41) is 3.93. The van der Waals surface area contributed by atoms with Crippen LogP contribution in [-0.4, -0.2) is 48.2 Å². The standard InChI is InChI=1S/C26H21ClF6N6O/c1-40-18-11-15(25(28,29)30)10-17(13-18)35-24-36-22(26(31,32)33)14-23(37-24)39-8-6-38(7-9-39)21-4-5-34-20-12-16(27)2-3-19(20)21/h2-5,10-14H,6-9H2,1H3,(H,35,36,37). The molecular formula is C26H21ClF6N6O. The van der Waals surface area contributed by atoms with Crippen molar-refractivity contribution in [3.63, 3.8) is 0 Å². The van der Waals surface area contributed by atoms with Gasteiger partial charge in [-0.2, -0.15) is 31.3 Å². The average Bonchev–Trinajstić information content (AvgIpc) is 2.91. The number of nitrogens with one attached hydrogen (secondary N) is 1. The first-order valence-electron chi connectivity index (χ1n) is 11.9. The predicted octanol–water partition coefficient (Wildman–Crippen LogP) is 6.79. The number of rotatable bonds is 5. The fourth-order valence-corrected chi connectivity index (χ4v) is 4.60. The third-order valence-electron chi connectivity index (χ3n) is 6.35. The maximum absolute atomic E-state index is 13.7. The Labute approximate surface area is 229 Å². The molecular weight excluding hydrogens is 562 g/mol. The summed E-state index contributed by atoms with van der Waals surface area (Å²) in [4.78, 5) is 15.8. The lowest BCUT2D eigenvalue weighted by atomic mass is 10.1. The average molecular weight is 583 g/mol. The number of piperazine rings is 1. The third-order valence-corrected chi connectivity index (χ3v) is 6.59. The summed E-state index contributed by atoms with van der Waals surface area (Å²) in [6.07, 6.45) is -7.84. The van der Waals surface area contributed by atoms with E-state index in [1.165, 1.54) is 13.2 Å². The van der Waals surface area contributed by atoms with E-state index in [1.807, 2.05) is 12.1 Å². The van der Waals surface area contributed by atoms with Crippen LogP contribution in [0.5, 0.6) is 5.75 Å². The van der Waals surface area contributed by atoms with Crippen LogP contribution in [0.3, 0.4) is 0 Å². The van der Waals surface area contributed by atoms with Crippen LogP contribution in [0.1, 0.15) is 11.3 Å². The quantitative estimate of drug-likeness (QED) is 0.260. The van der Waals surface area contributed by atoms with Crippen LogP contribution in [0.4, 0.5) is 49.5 Å². The highest BCUT2D eigenvalue weighted by Crippen LogP contribution is 2.36. The zero-order valence-electron chi connectivity index (χ0n) is 20.8. The van der Waals surface area contributed by atoms with Crippen LogP contribution in [0.2, 0.25) is 5.02 Å². The summed E-state index contributed by atoms with van der Waals surface area (Å²) < 4.78 is 86.1. The van der Waals surface area contributed by atoms with Gasteiger partial charge in [0.1, 0.15) is 11.6 Å². The van der Waals surface area contributed by atoms with Crippen molar-refractivity contribution in [3.05, 3.63) is 71.0 Å². The van der Waals surface area contributed by atoms with E-state index in [0.29, 0.717) is 31.2 Å². The van der Waals surface area contributed by atoms with Gasteiger partial charge in [-0.25, -0.2) is 4.98 Å². The van der Waals surface area contributed by atoms with E-state index < -0.39 is 29.6 Å². The number of pyridine rings is 1. The lowest BCUT2D eigenvalue weighted by Gasteiger charge is -2.37. The Hall–Kier alpha value is -4.00. The van der Waals surface area contributed by atoms with Crippen molar-refractivity contribution in [2.75, 3.05) is 48.4 Å². The van der Waals surface area contributed by atoms with E-state index in [1.54, 1.807) is 23.2 Å². The second kappa shape index (κ2) is 10.5. The first kappa shape index (κ1) is 27.6. The van der Waals surface area contributed by atoms with Crippen LogP contribution in [0.15, 0.2) is 54.7 Å². The molecule has 2 aromatic heterocycles. The molecule has 210 valence electrons. The molecule has 1 fully saturated rings. The maximum atomic E-state index is 13.7. The van der Waals surface area contributed by atoms with Crippen molar-refractivity contribution in [1.29, 1.82) is 0 Å². The highest BCUT2D eigenvalue weighted by atomic mass is 35.5. The number of aromatic nitrogens is 3. The molecule has 1 aliphatic heterocycles. The number of alkyl halides is 6. The molecule has 4 aromatic rings. The molecule has 0 amide bonds. The highest BCUT2D eigenvalue weighted by molar-refractivity contribution is 6.31. The van der Waals surface area contributed by atoms with Gasteiger partial charge in [-0.1, -0.05) is 11.6 Å². The number of nitrogens with zero attached hydrogens (tertiary/aromatic N) is 5. The molecule has 1 aliphatic rings. The van der Waals surface area contributed by atoms with Crippen LogP contribution in [0, 0.1) is 0 Å². The normalized spacial score (nSPS) is 14.5. The van der Waals surface area contributed by atoms with Gasteiger partial charge in [-0.15, -0.1) is 0 Å². The van der Waals surface area contributed by atoms with Crippen LogP contribution in [-0.2, 0) is 12.4 Å². The van der Waals surface area contributed by atoms with Crippen molar-refractivity contribution in [1.82, 2.24) is 15.0 Å². The van der Waals surface area contributed by atoms with Crippen LogP contribution < -0.4 is 19.9 Å². The topological polar surface area (TPSA) is 66.4 Å². The van der Waals surface area contributed by atoms with Gasteiger partial charge in [-0.3, -0.25) is 4.98 Å². The summed E-state index contributed by atoms with van der Waals surface area (Å²) in [6.45, 7) is 1.62. The Bertz CT molecular complexity index is 1540. The zero-order valence-corrected chi connectivity index (χ0v) is 21.6. The number of benzene rings is 2. The first-order valence-corrected chi connectivity index (χ1v) is 12.3. The van der Waals surface area contributed by atoms with E-state index in [2.05, 4.69) is 25.2 Å². The Balaban J connectivity index is 1.41. The van der Waals surface area contributed by atoms with E-state index in [0.717, 1.165) is 34.8 Å². The number of fused-ring (bicyclic) bond motifs is 1. The smallest absolute Gasteiger partial charge is 0.433 e. The third kappa shape index (κ3) is 5.93. The minimum absolute atomic E-state index is 0.00483. The molecule has 1 saturated heterocycles. The molecule has 5 rings (SSSR count). The number of anilines is 4. The summed E-state index contributed by atoms with van der Waals surface area (Å²) in [5.41, 5.74) is -0.797. The van der Waals surface area contributed by atoms with Gasteiger partial charge >= 0.3 is 12.4 Å². The van der Waals surface area contributed by atoms with E-state index >= 15 is 0 Å². The molecule has 0 atom stereocenters. The van der Waals surface area contributed by atoms with Crippen molar-refractivity contribution < 1.29 is 31.1 Å². The number of hydrogen-bond acceptors (Lipinski definition) is 7. The molecule has 7 nitrogen and oxygen atoms in total. The second-order valence-electron chi connectivity index (χ2n) is 8.97. The number of halogens is 7. The Morgan fingerprint density at radius 3 is 2.25 bits per heavy atom. The van der Waals surface area contributed by atoms with E-state index in [4.69, 9.17) is 16.3 Å². The lowest BCUT2D eigenvalue weighted by Crippen LogP contribution is -2.47. The second-order valence-corrected chi connectivity index (χ2v) is 9.41. The first-order chi connectivity index (χ1) is 18.9. The molecule has 0 saturated carbocycles. The Morgan fingerprint density at radius 1 is 0.850 bits per heavy atom. The van der Waals surface area contributed by atoms with Gasteiger partial charge in [0, 0.05) is 66.3 Å². The fourth-order valence-electron chi connectivity index (χ4n) is 4.44. The molecule has 14 heteroatoms. The molecule has 3 heterocycles. The molecule has 1 N–H and O–H groups in total. The molecule has 2 aromatic carbocycles. The van der Waals surface area contributed by atoms with Gasteiger partial charge in [0.05, 0.1) is 18.2 Å². The molecule has 0 bridgehead atoms. The predicted molar refractivity (Wildman–Crippen MR) is 139 cm³/mol. The maximum Gasteiger partial charge on any atom is 0.433 e. The van der Waals surface area contributed by atoms with Crippen molar-refractivity contribution in [2.24, 2.45) is 0 Å². The van der Waals surface area contributed by atoms with Crippen molar-refractivity contribution in [3.8, 4) is 5.75 Å². The monoisotopic (exact) mass is 582 g/mol. The van der Waals surface area contributed by atoms with Crippen LogP contribution >= 0.6 is 11.6 Å². The van der Waals surface area contributed by atoms with Gasteiger partial charge < -0.3 is 19.9 Å². The van der Waals surface area contributed by atoms with Crippen LogP contribution in [0.25, 0.3) is 10.9 Å². The summed E-state index contributed by atoms with van der Waals surface area (Å²) in [7, 11) is 1.18. The van der Waals surface area contributed by atoms with E-state index in [-0.39, 0.29) is 17.3 Å². The highest BCUT2D eigenvalue weighted by Gasteiger charge is 2.35. The van der Waals surface area contributed by atoms with Gasteiger partial charge in [-0.05, 0) is 36.4 Å². The van der Waals surface area contributed by atoms with Gasteiger partial charge in [0.2, 0.25) is 5.95 Å². The zero-order chi connectivity index (χ0) is 28.7. The van der Waals surface area contributed by atoms with Gasteiger partial charge in [0.25, 0.3) is 0 Å². The van der Waals surface area contributed by atoms with Crippen molar-refractivity contribution in [2.45, 2.75) is 12.4 Å². The lowest BCUT2D eigenvalue weighted by molar-refractivity contribution is -0.141. The molecule has 0 radical (unpaired) electrons.